The number of rotatable bonds is 7. The van der Waals surface area contributed by atoms with Gasteiger partial charge in [0.15, 0.2) is 0 Å². The lowest BCUT2D eigenvalue weighted by Gasteiger charge is -2.38. The van der Waals surface area contributed by atoms with Gasteiger partial charge >= 0.3 is 5.97 Å². The molecular weight excluding hydrogens is 218 g/mol. The molecule has 1 aliphatic rings. The maximum atomic E-state index is 11.7. The second kappa shape index (κ2) is 6.97. The first kappa shape index (κ1) is 14.5. The Bertz CT molecular complexity index is 239. The summed E-state index contributed by atoms with van der Waals surface area (Å²) in [5, 5.41) is 0. The monoisotopic (exact) mass is 243 g/mol. The molecule has 1 aliphatic heterocycles. The van der Waals surface area contributed by atoms with Gasteiger partial charge in [0.2, 0.25) is 0 Å². The molecule has 1 rings (SSSR count). The van der Waals surface area contributed by atoms with Crippen molar-refractivity contribution < 1.29 is 14.3 Å². The molecule has 100 valence electrons. The summed E-state index contributed by atoms with van der Waals surface area (Å²) < 4.78 is 10.2. The van der Waals surface area contributed by atoms with Crippen LogP contribution in [0, 0.1) is 0 Å². The highest BCUT2D eigenvalue weighted by Crippen LogP contribution is 2.28. The number of nitrogens with zero attached hydrogens (tertiary/aromatic N) is 1. The number of hydrogen-bond donors (Lipinski definition) is 0. The molecule has 4 nitrogen and oxygen atoms in total. The highest BCUT2D eigenvalue weighted by molar-refractivity contribution is 5.70. The van der Waals surface area contributed by atoms with Crippen molar-refractivity contribution in [3.8, 4) is 0 Å². The SMILES string of the molecule is CCOC(=O)CC(C)(CCOC)N1CCCC1. The van der Waals surface area contributed by atoms with E-state index in [1.165, 1.54) is 12.8 Å². The molecule has 0 aromatic heterocycles. The summed E-state index contributed by atoms with van der Waals surface area (Å²) in [5.74, 6) is -0.0991. The lowest BCUT2D eigenvalue weighted by molar-refractivity contribution is -0.146. The summed E-state index contributed by atoms with van der Waals surface area (Å²) in [6, 6.07) is 0. The van der Waals surface area contributed by atoms with Crippen LogP contribution in [0.2, 0.25) is 0 Å². The Morgan fingerprint density at radius 3 is 2.53 bits per heavy atom. The molecule has 0 aliphatic carbocycles. The quantitative estimate of drug-likeness (QED) is 0.639. The van der Waals surface area contributed by atoms with Gasteiger partial charge in [0.1, 0.15) is 0 Å². The molecule has 0 amide bonds. The molecule has 4 heteroatoms. The van der Waals surface area contributed by atoms with E-state index in [0.717, 1.165) is 19.5 Å². The molecule has 17 heavy (non-hydrogen) atoms. The van der Waals surface area contributed by atoms with E-state index in [0.29, 0.717) is 19.6 Å². The van der Waals surface area contributed by atoms with E-state index in [9.17, 15) is 4.79 Å². The van der Waals surface area contributed by atoms with Crippen LogP contribution in [0.25, 0.3) is 0 Å². The van der Waals surface area contributed by atoms with Crippen LogP contribution < -0.4 is 0 Å². The van der Waals surface area contributed by atoms with Gasteiger partial charge in [0.05, 0.1) is 13.0 Å². The normalized spacial score (nSPS) is 20.2. The van der Waals surface area contributed by atoms with E-state index in [-0.39, 0.29) is 11.5 Å². The van der Waals surface area contributed by atoms with Crippen LogP contribution in [-0.4, -0.2) is 49.8 Å². The minimum Gasteiger partial charge on any atom is -0.466 e. The van der Waals surface area contributed by atoms with Gasteiger partial charge in [-0.25, -0.2) is 0 Å². The van der Waals surface area contributed by atoms with E-state index in [1.807, 2.05) is 6.92 Å². The van der Waals surface area contributed by atoms with Crippen molar-refractivity contribution in [3.63, 3.8) is 0 Å². The van der Waals surface area contributed by atoms with E-state index in [2.05, 4.69) is 11.8 Å². The number of carbonyl (C=O) groups is 1. The standard InChI is InChI=1S/C13H25NO3/c1-4-17-12(15)11-13(2,7-10-16-3)14-8-5-6-9-14/h4-11H2,1-3H3. The summed E-state index contributed by atoms with van der Waals surface area (Å²) in [6.07, 6.45) is 3.79. The summed E-state index contributed by atoms with van der Waals surface area (Å²) in [5.41, 5.74) is -0.112. The molecule has 1 fully saturated rings. The van der Waals surface area contributed by atoms with Crippen molar-refractivity contribution in [2.45, 2.75) is 45.1 Å². The molecular formula is C13H25NO3. The van der Waals surface area contributed by atoms with Crippen LogP contribution in [0.3, 0.4) is 0 Å². The van der Waals surface area contributed by atoms with Gasteiger partial charge < -0.3 is 9.47 Å². The average molecular weight is 243 g/mol. The second-order valence-corrected chi connectivity index (χ2v) is 4.92. The maximum Gasteiger partial charge on any atom is 0.307 e. The van der Waals surface area contributed by atoms with Crippen LogP contribution in [0.5, 0.6) is 0 Å². The molecule has 0 spiro atoms. The first-order chi connectivity index (χ1) is 8.12. The third-order valence-electron chi connectivity index (χ3n) is 3.54. The van der Waals surface area contributed by atoms with Gasteiger partial charge in [-0.15, -0.1) is 0 Å². The van der Waals surface area contributed by atoms with Crippen molar-refractivity contribution >= 4 is 5.97 Å². The van der Waals surface area contributed by atoms with Gasteiger partial charge in [0, 0.05) is 19.3 Å². The number of methoxy groups -OCH3 is 1. The van der Waals surface area contributed by atoms with Crippen LogP contribution in [0.15, 0.2) is 0 Å². The molecule has 1 atom stereocenters. The Morgan fingerprint density at radius 1 is 1.35 bits per heavy atom. The van der Waals surface area contributed by atoms with E-state index in [4.69, 9.17) is 9.47 Å². The average Bonchev–Trinajstić information content (AvgIpc) is 2.80. The van der Waals surface area contributed by atoms with Gasteiger partial charge in [-0.2, -0.15) is 0 Å². The molecule has 1 saturated heterocycles. The van der Waals surface area contributed by atoms with Crippen molar-refractivity contribution in [3.05, 3.63) is 0 Å². The molecule has 0 N–H and O–H groups in total. The molecule has 0 saturated carbocycles. The molecule has 0 radical (unpaired) electrons. The van der Waals surface area contributed by atoms with Crippen molar-refractivity contribution in [2.75, 3.05) is 33.4 Å². The van der Waals surface area contributed by atoms with Crippen LogP contribution in [0.1, 0.15) is 39.5 Å². The number of hydrogen-bond acceptors (Lipinski definition) is 4. The van der Waals surface area contributed by atoms with Crippen molar-refractivity contribution in [2.24, 2.45) is 0 Å². The molecule has 0 aromatic rings. The molecule has 1 unspecified atom stereocenters. The van der Waals surface area contributed by atoms with Crippen LogP contribution in [-0.2, 0) is 14.3 Å². The number of carbonyl (C=O) groups excluding carboxylic acids is 1. The highest BCUT2D eigenvalue weighted by Gasteiger charge is 2.35. The smallest absolute Gasteiger partial charge is 0.307 e. The zero-order chi connectivity index (χ0) is 12.7. The van der Waals surface area contributed by atoms with Gasteiger partial charge in [-0.05, 0) is 46.2 Å². The Morgan fingerprint density at radius 2 is 2.00 bits per heavy atom. The third-order valence-corrected chi connectivity index (χ3v) is 3.54. The van der Waals surface area contributed by atoms with Crippen LogP contribution in [0.4, 0.5) is 0 Å². The first-order valence-electron chi connectivity index (χ1n) is 6.52. The van der Waals surface area contributed by atoms with Gasteiger partial charge in [-0.1, -0.05) is 0 Å². The van der Waals surface area contributed by atoms with Crippen molar-refractivity contribution in [1.82, 2.24) is 4.90 Å². The summed E-state index contributed by atoms with van der Waals surface area (Å²) >= 11 is 0. The topological polar surface area (TPSA) is 38.8 Å². The Hall–Kier alpha value is -0.610. The molecule has 1 heterocycles. The Kier molecular flexibility index (Phi) is 5.92. The summed E-state index contributed by atoms with van der Waals surface area (Å²) in [6.45, 7) is 7.30. The van der Waals surface area contributed by atoms with Gasteiger partial charge in [0.25, 0.3) is 0 Å². The Labute approximate surface area is 104 Å². The predicted molar refractivity (Wildman–Crippen MR) is 67.0 cm³/mol. The van der Waals surface area contributed by atoms with Gasteiger partial charge in [-0.3, -0.25) is 9.69 Å². The van der Waals surface area contributed by atoms with E-state index >= 15 is 0 Å². The third kappa shape index (κ3) is 4.28. The summed E-state index contributed by atoms with van der Waals surface area (Å²) in [4.78, 5) is 14.1. The second-order valence-electron chi connectivity index (χ2n) is 4.92. The Balaban J connectivity index is 2.59. The lowest BCUT2D eigenvalue weighted by atomic mass is 9.92. The minimum atomic E-state index is -0.112. The first-order valence-corrected chi connectivity index (χ1v) is 6.52. The lowest BCUT2D eigenvalue weighted by Crippen LogP contribution is -2.47. The molecule has 0 bridgehead atoms. The fourth-order valence-electron chi connectivity index (χ4n) is 2.46. The number of likely N-dealkylation sites (tertiary alicyclic amines) is 1. The predicted octanol–water partition coefficient (Wildman–Crippen LogP) is 1.83. The zero-order valence-corrected chi connectivity index (χ0v) is 11.3. The van der Waals surface area contributed by atoms with Crippen LogP contribution >= 0.6 is 0 Å². The fraction of sp³-hybridized carbons (Fsp3) is 0.923. The van der Waals surface area contributed by atoms with Crippen molar-refractivity contribution in [1.29, 1.82) is 0 Å². The zero-order valence-electron chi connectivity index (χ0n) is 11.3. The fourth-order valence-corrected chi connectivity index (χ4v) is 2.46. The number of ether oxygens (including phenoxy) is 2. The summed E-state index contributed by atoms with van der Waals surface area (Å²) in [7, 11) is 1.70. The highest BCUT2D eigenvalue weighted by atomic mass is 16.5. The largest absolute Gasteiger partial charge is 0.466 e. The van der Waals surface area contributed by atoms with E-state index in [1.54, 1.807) is 7.11 Å². The maximum absolute atomic E-state index is 11.7. The van der Waals surface area contributed by atoms with E-state index < -0.39 is 0 Å². The minimum absolute atomic E-state index is 0.0991. The number of esters is 1. The molecule has 0 aromatic carbocycles.